The average molecular weight is 261 g/mol. The van der Waals surface area contributed by atoms with Crippen LogP contribution >= 0.6 is 11.8 Å². The molecule has 0 aliphatic rings. The van der Waals surface area contributed by atoms with E-state index in [2.05, 4.69) is 29.5 Å². The Morgan fingerprint density at radius 2 is 2.17 bits per heavy atom. The Morgan fingerprint density at radius 3 is 2.94 bits per heavy atom. The molecule has 0 amide bonds. The first-order valence-electron chi connectivity index (χ1n) is 6.28. The molecule has 4 heteroatoms. The van der Waals surface area contributed by atoms with Crippen LogP contribution in [0.1, 0.15) is 25.3 Å². The van der Waals surface area contributed by atoms with Gasteiger partial charge in [0.25, 0.3) is 0 Å². The summed E-state index contributed by atoms with van der Waals surface area (Å²) in [5.41, 5.74) is 4.86. The summed E-state index contributed by atoms with van der Waals surface area (Å²) in [7, 11) is 0. The molecule has 3 nitrogen and oxygen atoms in total. The molecule has 1 aromatic carbocycles. The highest BCUT2D eigenvalue weighted by molar-refractivity contribution is 7.98. The van der Waals surface area contributed by atoms with E-state index < -0.39 is 0 Å². The number of unbranched alkanes of at least 4 members (excludes halogenated alkanes) is 1. The van der Waals surface area contributed by atoms with E-state index in [1.54, 1.807) is 0 Å². The molecule has 0 fully saturated rings. The van der Waals surface area contributed by atoms with Crippen LogP contribution in [-0.4, -0.2) is 10.7 Å². The molecule has 1 heterocycles. The summed E-state index contributed by atoms with van der Waals surface area (Å²) in [5.74, 6) is 8.48. The molecular formula is C14H19N3S. The summed E-state index contributed by atoms with van der Waals surface area (Å²) in [4.78, 5) is 4.54. The molecule has 1 aromatic heterocycles. The molecule has 0 bridgehead atoms. The van der Waals surface area contributed by atoms with Gasteiger partial charge in [-0.25, -0.2) is 10.8 Å². The zero-order chi connectivity index (χ0) is 12.8. The normalized spacial score (nSPS) is 10.8. The van der Waals surface area contributed by atoms with Crippen LogP contribution in [0.25, 0.3) is 10.9 Å². The van der Waals surface area contributed by atoms with Gasteiger partial charge in [0.1, 0.15) is 5.82 Å². The first-order chi connectivity index (χ1) is 8.85. The number of hydrazine groups is 1. The zero-order valence-corrected chi connectivity index (χ0v) is 11.5. The second-order valence-corrected chi connectivity index (χ2v) is 5.34. The van der Waals surface area contributed by atoms with Gasteiger partial charge < -0.3 is 5.43 Å². The second kappa shape index (κ2) is 6.61. The van der Waals surface area contributed by atoms with E-state index in [-0.39, 0.29) is 0 Å². The standard InChI is InChI=1S/C14H19N3S/c1-2-3-8-18-10-12-9-11-6-4-5-7-13(11)16-14(12)17-15/h4-7,9H,2-3,8,10,15H2,1H3,(H,16,17). The van der Waals surface area contributed by atoms with Gasteiger partial charge in [-0.3, -0.25) is 0 Å². The molecule has 0 radical (unpaired) electrons. The Hall–Kier alpha value is -1.26. The lowest BCUT2D eigenvalue weighted by atomic mass is 10.1. The Labute approximate surface area is 112 Å². The van der Waals surface area contributed by atoms with E-state index in [1.165, 1.54) is 29.5 Å². The molecule has 18 heavy (non-hydrogen) atoms. The number of fused-ring (bicyclic) bond motifs is 1. The monoisotopic (exact) mass is 261 g/mol. The van der Waals surface area contributed by atoms with Crippen molar-refractivity contribution in [3.8, 4) is 0 Å². The number of nitrogen functional groups attached to an aromatic ring is 1. The number of anilines is 1. The van der Waals surface area contributed by atoms with Gasteiger partial charge in [0.05, 0.1) is 5.52 Å². The molecule has 2 rings (SSSR count). The highest BCUT2D eigenvalue weighted by atomic mass is 32.2. The van der Waals surface area contributed by atoms with Crippen LogP contribution in [0.2, 0.25) is 0 Å². The third-order valence-electron chi connectivity index (χ3n) is 2.84. The van der Waals surface area contributed by atoms with E-state index in [0.717, 1.165) is 17.1 Å². The van der Waals surface area contributed by atoms with Gasteiger partial charge in [-0.1, -0.05) is 31.5 Å². The maximum atomic E-state index is 5.55. The number of thioether (sulfide) groups is 1. The second-order valence-electron chi connectivity index (χ2n) is 4.24. The summed E-state index contributed by atoms with van der Waals surface area (Å²) in [5, 5.41) is 1.17. The minimum absolute atomic E-state index is 0.790. The molecular weight excluding hydrogens is 242 g/mol. The van der Waals surface area contributed by atoms with Gasteiger partial charge in [0.2, 0.25) is 0 Å². The molecule has 96 valence electrons. The zero-order valence-electron chi connectivity index (χ0n) is 10.6. The number of pyridine rings is 1. The van der Waals surface area contributed by atoms with Crippen molar-refractivity contribution in [1.29, 1.82) is 0 Å². The van der Waals surface area contributed by atoms with E-state index in [9.17, 15) is 0 Å². The first kappa shape index (κ1) is 13.2. The summed E-state index contributed by atoms with van der Waals surface area (Å²) >= 11 is 1.93. The van der Waals surface area contributed by atoms with Crippen LogP contribution in [0.5, 0.6) is 0 Å². The number of nitrogens with one attached hydrogen (secondary N) is 1. The lowest BCUT2D eigenvalue weighted by Gasteiger charge is -2.09. The predicted octanol–water partition coefficient (Wildman–Crippen LogP) is 3.55. The number of nitrogens with zero attached hydrogens (tertiary/aromatic N) is 1. The fourth-order valence-corrected chi connectivity index (χ4v) is 2.90. The van der Waals surface area contributed by atoms with Gasteiger partial charge >= 0.3 is 0 Å². The van der Waals surface area contributed by atoms with Crippen LogP contribution in [0.4, 0.5) is 5.82 Å². The van der Waals surface area contributed by atoms with Crippen molar-refractivity contribution in [3.05, 3.63) is 35.9 Å². The number of hydrogen-bond donors (Lipinski definition) is 2. The fourth-order valence-electron chi connectivity index (χ4n) is 1.82. The Balaban J connectivity index is 2.19. The van der Waals surface area contributed by atoms with Crippen molar-refractivity contribution >= 4 is 28.5 Å². The molecule has 3 N–H and O–H groups in total. The maximum absolute atomic E-state index is 5.55. The van der Waals surface area contributed by atoms with Crippen LogP contribution in [0, 0.1) is 0 Å². The maximum Gasteiger partial charge on any atom is 0.144 e. The Kier molecular flexibility index (Phi) is 4.84. The van der Waals surface area contributed by atoms with Crippen LogP contribution in [0.15, 0.2) is 30.3 Å². The largest absolute Gasteiger partial charge is 0.308 e. The van der Waals surface area contributed by atoms with Gasteiger partial charge in [-0.15, -0.1) is 0 Å². The highest BCUT2D eigenvalue weighted by Gasteiger charge is 2.05. The summed E-state index contributed by atoms with van der Waals surface area (Å²) in [6.07, 6.45) is 2.50. The van der Waals surface area contributed by atoms with Gasteiger partial charge in [-0.2, -0.15) is 11.8 Å². The summed E-state index contributed by atoms with van der Waals surface area (Å²) in [6.45, 7) is 2.21. The first-order valence-corrected chi connectivity index (χ1v) is 7.43. The van der Waals surface area contributed by atoms with Crippen LogP contribution in [-0.2, 0) is 5.75 Å². The number of para-hydroxylation sites is 1. The average Bonchev–Trinajstić information content (AvgIpc) is 2.42. The van der Waals surface area contributed by atoms with Crippen molar-refractivity contribution in [3.63, 3.8) is 0 Å². The molecule has 0 unspecified atom stereocenters. The van der Waals surface area contributed by atoms with Crippen LogP contribution < -0.4 is 11.3 Å². The smallest absolute Gasteiger partial charge is 0.144 e. The number of rotatable bonds is 6. The van der Waals surface area contributed by atoms with Crippen LogP contribution in [0.3, 0.4) is 0 Å². The molecule has 0 atom stereocenters. The SMILES string of the molecule is CCCCSCc1cc2ccccc2nc1NN. The van der Waals surface area contributed by atoms with Crippen molar-refractivity contribution in [2.24, 2.45) is 5.84 Å². The molecule has 0 aliphatic heterocycles. The molecule has 0 saturated carbocycles. The third-order valence-corrected chi connectivity index (χ3v) is 3.93. The van der Waals surface area contributed by atoms with E-state index in [0.29, 0.717) is 0 Å². The van der Waals surface area contributed by atoms with Gasteiger partial charge in [0, 0.05) is 16.7 Å². The number of hydrogen-bond acceptors (Lipinski definition) is 4. The predicted molar refractivity (Wildman–Crippen MR) is 80.6 cm³/mol. The van der Waals surface area contributed by atoms with Gasteiger partial charge in [0.15, 0.2) is 0 Å². The minimum Gasteiger partial charge on any atom is -0.308 e. The van der Waals surface area contributed by atoms with E-state index in [1.807, 2.05) is 30.0 Å². The van der Waals surface area contributed by atoms with E-state index >= 15 is 0 Å². The topological polar surface area (TPSA) is 50.9 Å². The summed E-state index contributed by atoms with van der Waals surface area (Å²) < 4.78 is 0. The summed E-state index contributed by atoms with van der Waals surface area (Å²) in [6, 6.07) is 10.3. The molecule has 0 spiro atoms. The lowest BCUT2D eigenvalue weighted by Crippen LogP contribution is -2.11. The molecule has 0 aliphatic carbocycles. The molecule has 2 aromatic rings. The third kappa shape index (κ3) is 3.15. The lowest BCUT2D eigenvalue weighted by molar-refractivity contribution is 0.896. The number of aromatic nitrogens is 1. The van der Waals surface area contributed by atoms with Crippen molar-refractivity contribution < 1.29 is 0 Å². The number of benzene rings is 1. The quantitative estimate of drug-likeness (QED) is 0.474. The van der Waals surface area contributed by atoms with Crippen molar-refractivity contribution in [1.82, 2.24) is 4.98 Å². The molecule has 0 saturated heterocycles. The van der Waals surface area contributed by atoms with E-state index in [4.69, 9.17) is 5.84 Å². The van der Waals surface area contributed by atoms with Crippen molar-refractivity contribution in [2.45, 2.75) is 25.5 Å². The fraction of sp³-hybridized carbons (Fsp3) is 0.357. The number of nitrogens with two attached hydrogens (primary N) is 1. The Bertz CT molecular complexity index is 513. The minimum atomic E-state index is 0.790. The highest BCUT2D eigenvalue weighted by Crippen LogP contribution is 2.24. The van der Waals surface area contributed by atoms with Gasteiger partial charge in [-0.05, 0) is 24.3 Å². The Morgan fingerprint density at radius 1 is 1.33 bits per heavy atom. The van der Waals surface area contributed by atoms with Crippen molar-refractivity contribution in [2.75, 3.05) is 11.2 Å².